The maximum absolute atomic E-state index is 9.57. The molecule has 0 aliphatic carbocycles. The normalized spacial score (nSPS) is 44.4. The van der Waals surface area contributed by atoms with Crippen molar-refractivity contribution in [1.29, 1.82) is 0 Å². The molecule has 0 spiro atoms. The summed E-state index contributed by atoms with van der Waals surface area (Å²) < 4.78 is 5.28. The lowest BCUT2D eigenvalue weighted by molar-refractivity contribution is -0.238. The van der Waals surface area contributed by atoms with E-state index in [1.54, 1.807) is 0 Å². The maximum Gasteiger partial charge on any atom is 0.111 e. The predicted molar refractivity (Wildman–Crippen MR) is 48.6 cm³/mol. The molecule has 0 bridgehead atoms. The summed E-state index contributed by atoms with van der Waals surface area (Å²) >= 11 is 0. The molecule has 2 unspecified atom stereocenters. The van der Waals surface area contributed by atoms with E-state index < -0.39 is 30.5 Å². The Kier molecular flexibility index (Phi) is 3.86. The van der Waals surface area contributed by atoms with E-state index in [4.69, 9.17) is 9.84 Å². The first kappa shape index (κ1) is 11.9. The number of rotatable bonds is 2. The predicted octanol–water partition coefficient (Wildman–Crippen LogP) is -1.52. The van der Waals surface area contributed by atoms with Crippen LogP contribution in [0.3, 0.4) is 0 Å². The van der Waals surface area contributed by atoms with E-state index in [-0.39, 0.29) is 12.5 Å². The molecule has 0 amide bonds. The molecule has 0 aromatic heterocycles. The molecule has 1 rings (SSSR count). The van der Waals surface area contributed by atoms with Crippen LogP contribution >= 0.6 is 0 Å². The Balaban J connectivity index is 2.73. The minimum absolute atomic E-state index is 0.0150. The molecule has 5 heteroatoms. The highest BCUT2D eigenvalue weighted by atomic mass is 16.5. The molecule has 1 heterocycles. The average Bonchev–Trinajstić information content (AvgIpc) is 2.14. The van der Waals surface area contributed by atoms with Crippen molar-refractivity contribution in [2.24, 2.45) is 5.92 Å². The van der Waals surface area contributed by atoms with Gasteiger partial charge >= 0.3 is 0 Å². The zero-order valence-electron chi connectivity index (χ0n) is 8.37. The van der Waals surface area contributed by atoms with Crippen LogP contribution in [0.2, 0.25) is 0 Å². The maximum atomic E-state index is 9.57. The molecule has 84 valence electrons. The molecule has 5 atom stereocenters. The second-order valence-corrected chi connectivity index (χ2v) is 4.04. The van der Waals surface area contributed by atoms with Crippen molar-refractivity contribution in [3.05, 3.63) is 0 Å². The van der Waals surface area contributed by atoms with Gasteiger partial charge in [0, 0.05) is 0 Å². The monoisotopic (exact) mass is 206 g/mol. The smallest absolute Gasteiger partial charge is 0.111 e. The van der Waals surface area contributed by atoms with Gasteiger partial charge in [-0.3, -0.25) is 0 Å². The molecule has 14 heavy (non-hydrogen) atoms. The second kappa shape index (κ2) is 4.55. The first-order valence-corrected chi connectivity index (χ1v) is 4.79. The largest absolute Gasteiger partial charge is 0.394 e. The highest BCUT2D eigenvalue weighted by Crippen LogP contribution is 2.25. The van der Waals surface area contributed by atoms with E-state index >= 15 is 0 Å². The van der Waals surface area contributed by atoms with Crippen LogP contribution in [0.1, 0.15) is 13.8 Å². The quantitative estimate of drug-likeness (QED) is 0.441. The number of aliphatic hydroxyl groups excluding tert-OH is 4. The van der Waals surface area contributed by atoms with Gasteiger partial charge in [-0.1, -0.05) is 13.8 Å². The van der Waals surface area contributed by atoms with Crippen molar-refractivity contribution in [2.75, 3.05) is 6.61 Å². The summed E-state index contributed by atoms with van der Waals surface area (Å²) in [5, 5.41) is 37.4. The number of hydrogen-bond donors (Lipinski definition) is 4. The number of aliphatic hydroxyl groups is 4. The van der Waals surface area contributed by atoms with Crippen molar-refractivity contribution in [3.63, 3.8) is 0 Å². The van der Waals surface area contributed by atoms with Gasteiger partial charge in [0.1, 0.15) is 24.4 Å². The molecule has 0 radical (unpaired) electrons. The summed E-state index contributed by atoms with van der Waals surface area (Å²) in [6, 6.07) is 0. The van der Waals surface area contributed by atoms with E-state index in [2.05, 4.69) is 0 Å². The molecule has 0 aromatic carbocycles. The first-order chi connectivity index (χ1) is 6.49. The van der Waals surface area contributed by atoms with Crippen LogP contribution in [0.25, 0.3) is 0 Å². The van der Waals surface area contributed by atoms with Gasteiger partial charge in [-0.2, -0.15) is 0 Å². The van der Waals surface area contributed by atoms with Gasteiger partial charge in [0.2, 0.25) is 0 Å². The topological polar surface area (TPSA) is 90.2 Å². The van der Waals surface area contributed by atoms with Crippen LogP contribution in [-0.2, 0) is 4.74 Å². The molecular formula is C9H18O5. The first-order valence-electron chi connectivity index (χ1n) is 4.79. The summed E-state index contributed by atoms with van der Waals surface area (Å²) in [6.07, 6.45) is -4.96. The van der Waals surface area contributed by atoms with E-state index in [1.807, 2.05) is 13.8 Å². The van der Waals surface area contributed by atoms with Crippen molar-refractivity contribution >= 4 is 0 Å². The van der Waals surface area contributed by atoms with Crippen molar-refractivity contribution < 1.29 is 25.2 Å². The molecular weight excluding hydrogens is 188 g/mol. The number of hydrogen-bond acceptors (Lipinski definition) is 5. The van der Waals surface area contributed by atoms with Crippen LogP contribution in [0.4, 0.5) is 0 Å². The van der Waals surface area contributed by atoms with Gasteiger partial charge in [0.25, 0.3) is 0 Å². The minimum Gasteiger partial charge on any atom is -0.394 e. The fraction of sp³-hybridized carbons (Fsp3) is 1.00. The molecule has 1 aliphatic heterocycles. The zero-order valence-corrected chi connectivity index (χ0v) is 8.37. The van der Waals surface area contributed by atoms with Crippen LogP contribution in [0, 0.1) is 5.92 Å². The second-order valence-electron chi connectivity index (χ2n) is 4.04. The van der Waals surface area contributed by atoms with Crippen LogP contribution in [-0.4, -0.2) is 57.6 Å². The third kappa shape index (κ3) is 2.07. The van der Waals surface area contributed by atoms with Crippen molar-refractivity contribution in [1.82, 2.24) is 0 Å². The van der Waals surface area contributed by atoms with E-state index in [1.165, 1.54) is 0 Å². The lowest BCUT2D eigenvalue weighted by Gasteiger charge is -2.41. The molecule has 5 nitrogen and oxygen atoms in total. The molecule has 0 aromatic rings. The van der Waals surface area contributed by atoms with Crippen molar-refractivity contribution in [2.45, 2.75) is 44.4 Å². The van der Waals surface area contributed by atoms with Crippen LogP contribution in [0.15, 0.2) is 0 Å². The minimum atomic E-state index is -1.26. The summed E-state index contributed by atoms with van der Waals surface area (Å²) in [6.45, 7) is 3.31. The zero-order chi connectivity index (χ0) is 10.9. The third-order valence-electron chi connectivity index (χ3n) is 2.59. The Morgan fingerprint density at radius 2 is 1.64 bits per heavy atom. The lowest BCUT2D eigenvalue weighted by Crippen LogP contribution is -2.59. The fourth-order valence-electron chi connectivity index (χ4n) is 1.68. The summed E-state index contributed by atoms with van der Waals surface area (Å²) in [5.74, 6) is 0.0150. The Bertz CT molecular complexity index is 182. The Hall–Kier alpha value is -0.200. The SMILES string of the molecule is CC(C)[C@@H]1OC(CO)[C@H](O)C(O)[C@H]1O. The van der Waals surface area contributed by atoms with Crippen LogP contribution in [0.5, 0.6) is 0 Å². The molecule has 1 aliphatic rings. The highest BCUT2D eigenvalue weighted by Gasteiger charge is 2.44. The summed E-state index contributed by atoms with van der Waals surface area (Å²) in [4.78, 5) is 0. The van der Waals surface area contributed by atoms with E-state index in [0.717, 1.165) is 0 Å². The Morgan fingerprint density at radius 1 is 1.07 bits per heavy atom. The fourth-order valence-corrected chi connectivity index (χ4v) is 1.68. The average molecular weight is 206 g/mol. The highest BCUT2D eigenvalue weighted by molar-refractivity contribution is 4.92. The van der Waals surface area contributed by atoms with Crippen molar-refractivity contribution in [3.8, 4) is 0 Å². The van der Waals surface area contributed by atoms with Gasteiger partial charge in [-0.25, -0.2) is 0 Å². The van der Waals surface area contributed by atoms with Gasteiger partial charge in [0.05, 0.1) is 12.7 Å². The van der Waals surface area contributed by atoms with Crippen LogP contribution < -0.4 is 0 Å². The lowest BCUT2D eigenvalue weighted by atomic mass is 9.90. The Labute approximate surface area is 82.9 Å². The standard InChI is InChI=1S/C9H18O5/c1-4(2)9-8(13)7(12)6(11)5(3-10)14-9/h4-13H,3H2,1-2H3/t5?,6-,7?,8+,9-/m0/s1. The molecule has 1 saturated heterocycles. The summed E-state index contributed by atoms with van der Waals surface area (Å²) in [5.41, 5.74) is 0. The molecule has 1 fully saturated rings. The van der Waals surface area contributed by atoms with Gasteiger partial charge in [0.15, 0.2) is 0 Å². The Morgan fingerprint density at radius 3 is 2.07 bits per heavy atom. The third-order valence-corrected chi connectivity index (χ3v) is 2.59. The van der Waals surface area contributed by atoms with Gasteiger partial charge in [-0.15, -0.1) is 0 Å². The molecule has 0 saturated carbocycles. The number of ether oxygens (including phenoxy) is 1. The van der Waals surface area contributed by atoms with E-state index in [0.29, 0.717) is 0 Å². The van der Waals surface area contributed by atoms with Gasteiger partial charge in [-0.05, 0) is 5.92 Å². The summed E-state index contributed by atoms with van der Waals surface area (Å²) in [7, 11) is 0. The molecule has 4 N–H and O–H groups in total. The van der Waals surface area contributed by atoms with E-state index in [9.17, 15) is 15.3 Å². The van der Waals surface area contributed by atoms with Gasteiger partial charge < -0.3 is 25.2 Å².